The predicted molar refractivity (Wildman–Crippen MR) is 89.8 cm³/mol. The van der Waals surface area contributed by atoms with Crippen LogP contribution in [0.25, 0.3) is 10.2 Å². The highest BCUT2D eigenvalue weighted by Gasteiger charge is 2.22. The van der Waals surface area contributed by atoms with E-state index >= 15 is 0 Å². The summed E-state index contributed by atoms with van der Waals surface area (Å²) in [4.78, 5) is 24.2. The summed E-state index contributed by atoms with van der Waals surface area (Å²) in [7, 11) is 0. The summed E-state index contributed by atoms with van der Waals surface area (Å²) >= 11 is 1.65. The number of aromatic nitrogens is 2. The molecular formula is C12H17Cl2N5OS. The van der Waals surface area contributed by atoms with Gasteiger partial charge in [-0.15, -0.1) is 36.2 Å². The van der Waals surface area contributed by atoms with Crippen LogP contribution < -0.4 is 10.6 Å². The molecule has 116 valence electrons. The summed E-state index contributed by atoms with van der Waals surface area (Å²) in [5.74, 6) is 0.989. The summed E-state index contributed by atoms with van der Waals surface area (Å²) in [5.41, 5.74) is 6.37. The van der Waals surface area contributed by atoms with Gasteiger partial charge >= 0.3 is 0 Å². The molecule has 1 aliphatic rings. The van der Waals surface area contributed by atoms with Gasteiger partial charge < -0.3 is 15.5 Å². The number of halogens is 2. The second-order valence-corrected chi connectivity index (χ2v) is 5.32. The molecule has 21 heavy (non-hydrogen) atoms. The van der Waals surface area contributed by atoms with Crippen LogP contribution in [0.4, 0.5) is 5.82 Å². The Kier molecular flexibility index (Phi) is 6.60. The Morgan fingerprint density at radius 2 is 1.95 bits per heavy atom. The Morgan fingerprint density at radius 1 is 1.24 bits per heavy atom. The summed E-state index contributed by atoms with van der Waals surface area (Å²) in [5, 5.41) is 2.02. The predicted octanol–water partition coefficient (Wildman–Crippen LogP) is 1.14. The first-order chi connectivity index (χ1) is 9.29. The van der Waals surface area contributed by atoms with Crippen molar-refractivity contribution in [3.63, 3.8) is 0 Å². The SMILES string of the molecule is Cl.Cl.NCC(=O)N1CCN(c2ncnc3ccsc23)CC1. The van der Waals surface area contributed by atoms with Gasteiger partial charge in [-0.25, -0.2) is 9.97 Å². The Balaban J connectivity index is 0.00000110. The molecule has 1 aliphatic heterocycles. The largest absolute Gasteiger partial charge is 0.352 e. The van der Waals surface area contributed by atoms with E-state index in [1.54, 1.807) is 17.7 Å². The lowest BCUT2D eigenvalue weighted by atomic mass is 10.3. The number of carbonyl (C=O) groups is 1. The fraction of sp³-hybridized carbons (Fsp3) is 0.417. The molecule has 3 rings (SSSR count). The quantitative estimate of drug-likeness (QED) is 0.879. The van der Waals surface area contributed by atoms with E-state index < -0.39 is 0 Å². The van der Waals surface area contributed by atoms with E-state index in [2.05, 4.69) is 14.9 Å². The van der Waals surface area contributed by atoms with Crippen LogP contribution in [0.5, 0.6) is 0 Å². The van der Waals surface area contributed by atoms with Crippen molar-refractivity contribution in [2.24, 2.45) is 5.73 Å². The Bertz CT molecular complexity index is 600. The van der Waals surface area contributed by atoms with E-state index in [1.807, 2.05) is 16.3 Å². The molecule has 1 saturated heterocycles. The van der Waals surface area contributed by atoms with Crippen molar-refractivity contribution in [3.05, 3.63) is 17.8 Å². The first-order valence-electron chi connectivity index (χ1n) is 6.20. The molecule has 1 amide bonds. The molecule has 0 unspecified atom stereocenters. The molecular weight excluding hydrogens is 333 g/mol. The molecule has 0 spiro atoms. The van der Waals surface area contributed by atoms with E-state index in [0.717, 1.165) is 29.1 Å². The topological polar surface area (TPSA) is 75.4 Å². The third kappa shape index (κ3) is 3.55. The number of piperazine rings is 1. The Hall–Kier alpha value is -1.15. The maximum Gasteiger partial charge on any atom is 0.236 e. The van der Waals surface area contributed by atoms with E-state index in [9.17, 15) is 4.79 Å². The van der Waals surface area contributed by atoms with E-state index in [-0.39, 0.29) is 37.3 Å². The van der Waals surface area contributed by atoms with Crippen LogP contribution in [-0.2, 0) is 4.79 Å². The minimum atomic E-state index is 0. The molecule has 0 aromatic carbocycles. The molecule has 1 fully saturated rings. The van der Waals surface area contributed by atoms with Gasteiger partial charge in [0.1, 0.15) is 12.1 Å². The minimum Gasteiger partial charge on any atom is -0.352 e. The monoisotopic (exact) mass is 349 g/mol. The molecule has 0 atom stereocenters. The van der Waals surface area contributed by atoms with Gasteiger partial charge in [0.2, 0.25) is 5.91 Å². The van der Waals surface area contributed by atoms with Crippen molar-refractivity contribution in [1.29, 1.82) is 0 Å². The van der Waals surface area contributed by atoms with Gasteiger partial charge in [-0.3, -0.25) is 4.79 Å². The van der Waals surface area contributed by atoms with Crippen LogP contribution in [0.2, 0.25) is 0 Å². The third-order valence-electron chi connectivity index (χ3n) is 3.33. The van der Waals surface area contributed by atoms with Crippen molar-refractivity contribution in [2.75, 3.05) is 37.6 Å². The fourth-order valence-electron chi connectivity index (χ4n) is 2.30. The summed E-state index contributed by atoms with van der Waals surface area (Å²) < 4.78 is 1.11. The Labute approximate surface area is 139 Å². The zero-order valence-corrected chi connectivity index (χ0v) is 13.7. The first-order valence-corrected chi connectivity index (χ1v) is 7.08. The van der Waals surface area contributed by atoms with E-state index in [1.165, 1.54) is 0 Å². The molecule has 2 aromatic heterocycles. The highest BCUT2D eigenvalue weighted by molar-refractivity contribution is 7.17. The maximum atomic E-state index is 11.5. The first kappa shape index (κ1) is 17.9. The van der Waals surface area contributed by atoms with Gasteiger partial charge in [0.05, 0.1) is 16.8 Å². The van der Waals surface area contributed by atoms with Crippen LogP contribution >= 0.6 is 36.2 Å². The van der Waals surface area contributed by atoms with Crippen LogP contribution in [-0.4, -0.2) is 53.5 Å². The Morgan fingerprint density at radius 3 is 2.62 bits per heavy atom. The van der Waals surface area contributed by atoms with Crippen molar-refractivity contribution in [2.45, 2.75) is 0 Å². The molecule has 2 N–H and O–H groups in total. The van der Waals surface area contributed by atoms with Gasteiger partial charge in [0.25, 0.3) is 0 Å². The van der Waals surface area contributed by atoms with Gasteiger partial charge in [-0.05, 0) is 11.4 Å². The van der Waals surface area contributed by atoms with Gasteiger partial charge in [-0.2, -0.15) is 0 Å². The number of carbonyl (C=O) groups excluding carboxylic acids is 1. The number of nitrogens with two attached hydrogens (primary N) is 1. The average Bonchev–Trinajstić information content (AvgIpc) is 2.95. The highest BCUT2D eigenvalue weighted by atomic mass is 35.5. The molecule has 2 aromatic rings. The van der Waals surface area contributed by atoms with Crippen LogP contribution in [0, 0.1) is 0 Å². The van der Waals surface area contributed by atoms with E-state index in [4.69, 9.17) is 5.73 Å². The lowest BCUT2D eigenvalue weighted by molar-refractivity contribution is -0.129. The number of fused-ring (bicyclic) bond motifs is 1. The van der Waals surface area contributed by atoms with Crippen LogP contribution in [0.3, 0.4) is 0 Å². The molecule has 0 aliphatic carbocycles. The second kappa shape index (κ2) is 7.74. The molecule has 9 heteroatoms. The highest BCUT2D eigenvalue weighted by Crippen LogP contribution is 2.28. The summed E-state index contributed by atoms with van der Waals surface area (Å²) in [6.45, 7) is 3.06. The van der Waals surface area contributed by atoms with Crippen LogP contribution in [0.1, 0.15) is 0 Å². The lowest BCUT2D eigenvalue weighted by Gasteiger charge is -2.35. The van der Waals surface area contributed by atoms with Gasteiger partial charge in [-0.1, -0.05) is 0 Å². The molecule has 3 heterocycles. The maximum absolute atomic E-state index is 11.5. The molecule has 0 bridgehead atoms. The van der Waals surface area contributed by atoms with Crippen molar-refractivity contribution in [3.8, 4) is 0 Å². The normalized spacial score (nSPS) is 14.5. The van der Waals surface area contributed by atoms with E-state index in [0.29, 0.717) is 13.1 Å². The average molecular weight is 350 g/mol. The fourth-order valence-corrected chi connectivity index (χ4v) is 3.16. The number of nitrogens with zero attached hydrogens (tertiary/aromatic N) is 4. The molecule has 0 radical (unpaired) electrons. The number of amides is 1. The zero-order valence-electron chi connectivity index (χ0n) is 11.3. The number of anilines is 1. The second-order valence-electron chi connectivity index (χ2n) is 4.40. The summed E-state index contributed by atoms with van der Waals surface area (Å²) in [6, 6.07) is 2.00. The van der Waals surface area contributed by atoms with Crippen molar-refractivity contribution < 1.29 is 4.79 Å². The minimum absolute atomic E-state index is 0. The number of thiophene rings is 1. The number of hydrogen-bond acceptors (Lipinski definition) is 6. The van der Waals surface area contributed by atoms with Crippen LogP contribution in [0.15, 0.2) is 17.8 Å². The standard InChI is InChI=1S/C12H15N5OS.2ClH/c13-7-10(18)16-2-4-17(5-3-16)12-11-9(1-6-19-11)14-8-15-12;;/h1,6,8H,2-5,7,13H2;2*1H. The third-order valence-corrected chi connectivity index (χ3v) is 4.23. The van der Waals surface area contributed by atoms with Crippen molar-refractivity contribution >= 4 is 58.1 Å². The molecule has 6 nitrogen and oxygen atoms in total. The van der Waals surface area contributed by atoms with Crippen molar-refractivity contribution in [1.82, 2.24) is 14.9 Å². The van der Waals surface area contributed by atoms with Gasteiger partial charge in [0.15, 0.2) is 0 Å². The number of hydrogen-bond donors (Lipinski definition) is 1. The van der Waals surface area contributed by atoms with Gasteiger partial charge in [0, 0.05) is 26.2 Å². The zero-order chi connectivity index (χ0) is 13.2. The lowest BCUT2D eigenvalue weighted by Crippen LogP contribution is -2.50. The number of rotatable bonds is 2. The molecule has 0 saturated carbocycles. The summed E-state index contributed by atoms with van der Waals surface area (Å²) in [6.07, 6.45) is 1.60. The smallest absolute Gasteiger partial charge is 0.236 e.